The number of thiophene rings is 1. The number of alkyl halides is 4. The molecule has 196 valence electrons. The van der Waals surface area contributed by atoms with E-state index >= 15 is 4.39 Å². The molecule has 1 aliphatic rings. The maximum atomic E-state index is 15.1. The average molecular weight is 530 g/mol. The van der Waals surface area contributed by atoms with Crippen LogP contribution in [0, 0.1) is 0 Å². The number of aromatic nitrogens is 2. The molecular weight excluding hydrogens is 502 g/mol. The Kier molecular flexibility index (Phi) is 7.15. The number of piperidine rings is 1. The number of likely N-dealkylation sites (tertiary alicyclic amines) is 1. The molecule has 8 nitrogen and oxygen atoms in total. The van der Waals surface area contributed by atoms with Gasteiger partial charge in [-0.1, -0.05) is 17.3 Å². The summed E-state index contributed by atoms with van der Waals surface area (Å²) < 4.78 is 66.3. The van der Waals surface area contributed by atoms with Gasteiger partial charge in [0.05, 0.1) is 40.8 Å². The fourth-order valence-electron chi connectivity index (χ4n) is 4.03. The van der Waals surface area contributed by atoms with Gasteiger partial charge in [0.1, 0.15) is 11.8 Å². The quantitative estimate of drug-likeness (QED) is 0.434. The van der Waals surface area contributed by atoms with E-state index < -0.39 is 36.5 Å². The predicted octanol–water partition coefficient (Wildman–Crippen LogP) is 5.27. The molecule has 1 saturated heterocycles. The van der Waals surface area contributed by atoms with Gasteiger partial charge in [-0.15, -0.1) is 11.3 Å². The third kappa shape index (κ3) is 5.89. The Morgan fingerprint density at radius 3 is 2.69 bits per heavy atom. The minimum atomic E-state index is -4.47. The van der Waals surface area contributed by atoms with Gasteiger partial charge in [0.15, 0.2) is 0 Å². The summed E-state index contributed by atoms with van der Waals surface area (Å²) in [7, 11) is 0. The normalized spacial score (nSPS) is 19.1. The predicted molar refractivity (Wildman–Crippen MR) is 127 cm³/mol. The molecule has 0 spiro atoms. The molecular formula is C23H27F4N5O3S. The lowest BCUT2D eigenvalue weighted by molar-refractivity contribution is -0.126. The van der Waals surface area contributed by atoms with E-state index in [2.05, 4.69) is 15.5 Å². The first-order valence-corrected chi connectivity index (χ1v) is 12.2. The van der Waals surface area contributed by atoms with Crippen LogP contribution in [0.3, 0.4) is 0 Å². The molecule has 4 rings (SSSR count). The maximum Gasteiger partial charge on any atom is 0.410 e. The summed E-state index contributed by atoms with van der Waals surface area (Å²) >= 11 is 1.07. The summed E-state index contributed by atoms with van der Waals surface area (Å²) in [5.74, 6) is 0.131. The second-order valence-electron chi connectivity index (χ2n) is 9.58. The average Bonchev–Trinajstić information content (AvgIpc) is 3.38. The number of hydrogen-bond acceptors (Lipinski definition) is 8. The molecule has 36 heavy (non-hydrogen) atoms. The van der Waals surface area contributed by atoms with Gasteiger partial charge in [-0.2, -0.15) is 18.2 Å². The number of fused-ring (bicyclic) bond motifs is 1. The minimum Gasteiger partial charge on any atom is -0.444 e. The SMILES string of the molecule is CC(C)(C)OC(=O)N1CC[C@@H](Nc2cccc3c(CC(F)(F)F)c(-c4noc(CN)n4)sc23)[C@@H](F)C1. The van der Waals surface area contributed by atoms with Crippen molar-refractivity contribution in [2.45, 2.75) is 64.1 Å². The van der Waals surface area contributed by atoms with Crippen LogP contribution in [0.4, 0.5) is 28.0 Å². The molecule has 0 saturated carbocycles. The van der Waals surface area contributed by atoms with Crippen LogP contribution in [0.25, 0.3) is 20.8 Å². The van der Waals surface area contributed by atoms with Crippen molar-refractivity contribution in [2.75, 3.05) is 18.4 Å². The van der Waals surface area contributed by atoms with E-state index in [1.165, 1.54) is 4.90 Å². The zero-order valence-corrected chi connectivity index (χ0v) is 20.8. The lowest BCUT2D eigenvalue weighted by Crippen LogP contribution is -2.51. The van der Waals surface area contributed by atoms with E-state index in [9.17, 15) is 18.0 Å². The van der Waals surface area contributed by atoms with Crippen LogP contribution in [-0.4, -0.2) is 58.2 Å². The number of halogens is 4. The summed E-state index contributed by atoms with van der Waals surface area (Å²) in [4.78, 5) is 18.0. The van der Waals surface area contributed by atoms with Gasteiger partial charge < -0.3 is 25.2 Å². The number of carbonyl (C=O) groups is 1. The van der Waals surface area contributed by atoms with Crippen molar-refractivity contribution in [1.82, 2.24) is 15.0 Å². The smallest absolute Gasteiger partial charge is 0.410 e. The second kappa shape index (κ2) is 9.85. The van der Waals surface area contributed by atoms with Crippen LogP contribution in [0.5, 0.6) is 0 Å². The van der Waals surface area contributed by atoms with Crippen LogP contribution in [0.1, 0.15) is 38.6 Å². The van der Waals surface area contributed by atoms with Crippen molar-refractivity contribution < 1.29 is 31.6 Å². The van der Waals surface area contributed by atoms with Crippen molar-refractivity contribution in [3.8, 4) is 10.7 Å². The Morgan fingerprint density at radius 1 is 1.33 bits per heavy atom. The van der Waals surface area contributed by atoms with Gasteiger partial charge in [-0.25, -0.2) is 9.18 Å². The minimum absolute atomic E-state index is 0.0204. The summed E-state index contributed by atoms with van der Waals surface area (Å²) in [5, 5.41) is 7.31. The number of hydrogen-bond donors (Lipinski definition) is 2. The van der Waals surface area contributed by atoms with Gasteiger partial charge in [0, 0.05) is 6.54 Å². The number of anilines is 1. The van der Waals surface area contributed by atoms with E-state index in [1.807, 2.05) is 0 Å². The molecule has 0 radical (unpaired) electrons. The summed E-state index contributed by atoms with van der Waals surface area (Å²) in [5.41, 5.74) is 5.33. The molecule has 1 amide bonds. The van der Waals surface area contributed by atoms with Crippen LogP contribution < -0.4 is 11.1 Å². The first kappa shape index (κ1) is 26.1. The standard InChI is InChI=1S/C23H27F4N5O3S/c1-22(2,3)34-21(33)32-8-7-15(14(24)11-32)29-16-6-4-5-12-13(9-23(25,26)27)19(36-18(12)16)20-30-17(10-28)35-31-20/h4-6,14-15,29H,7-11,28H2,1-3H3/t14-,15+/m0/s1. The summed E-state index contributed by atoms with van der Waals surface area (Å²) in [6.45, 7) is 5.30. The van der Waals surface area contributed by atoms with Gasteiger partial charge in [0.25, 0.3) is 0 Å². The molecule has 3 N–H and O–H groups in total. The highest BCUT2D eigenvalue weighted by Crippen LogP contribution is 2.43. The Labute approximate surface area is 208 Å². The second-order valence-corrected chi connectivity index (χ2v) is 10.6. The number of amides is 1. The van der Waals surface area contributed by atoms with E-state index in [1.54, 1.807) is 39.0 Å². The largest absolute Gasteiger partial charge is 0.444 e. The Bertz CT molecular complexity index is 1240. The fraction of sp³-hybridized carbons (Fsp3) is 0.522. The molecule has 0 aliphatic carbocycles. The Morgan fingerprint density at radius 2 is 2.08 bits per heavy atom. The van der Waals surface area contributed by atoms with E-state index in [0.717, 1.165) is 11.3 Å². The monoisotopic (exact) mass is 529 g/mol. The molecule has 13 heteroatoms. The van der Waals surface area contributed by atoms with Gasteiger partial charge in [-0.05, 0) is 44.2 Å². The highest BCUT2D eigenvalue weighted by atomic mass is 32.1. The Balaban J connectivity index is 1.61. The van der Waals surface area contributed by atoms with Crippen molar-refractivity contribution >= 4 is 33.2 Å². The van der Waals surface area contributed by atoms with E-state index in [-0.39, 0.29) is 41.8 Å². The zero-order valence-electron chi connectivity index (χ0n) is 20.0. The van der Waals surface area contributed by atoms with Gasteiger partial charge in [0.2, 0.25) is 11.7 Å². The van der Waals surface area contributed by atoms with E-state index in [4.69, 9.17) is 15.0 Å². The molecule has 1 fully saturated rings. The van der Waals surface area contributed by atoms with Crippen molar-refractivity contribution in [2.24, 2.45) is 5.73 Å². The van der Waals surface area contributed by atoms with Crippen LogP contribution in [0.15, 0.2) is 22.7 Å². The number of benzene rings is 1. The van der Waals surface area contributed by atoms with Crippen molar-refractivity contribution in [1.29, 1.82) is 0 Å². The van der Waals surface area contributed by atoms with Crippen molar-refractivity contribution in [3.05, 3.63) is 29.7 Å². The molecule has 0 unspecified atom stereocenters. The van der Waals surface area contributed by atoms with E-state index in [0.29, 0.717) is 22.2 Å². The number of nitrogens with two attached hydrogens (primary N) is 1. The lowest BCUT2D eigenvalue weighted by atomic mass is 10.0. The number of nitrogens with one attached hydrogen (secondary N) is 1. The number of nitrogens with zero attached hydrogens (tertiary/aromatic N) is 3. The molecule has 3 heterocycles. The van der Waals surface area contributed by atoms with Crippen LogP contribution in [-0.2, 0) is 17.7 Å². The van der Waals surface area contributed by atoms with Crippen molar-refractivity contribution in [3.63, 3.8) is 0 Å². The van der Waals surface area contributed by atoms with Gasteiger partial charge in [-0.3, -0.25) is 0 Å². The number of ether oxygens (including phenoxy) is 1. The zero-order chi connectivity index (χ0) is 26.3. The molecule has 2 aromatic heterocycles. The summed E-state index contributed by atoms with van der Waals surface area (Å²) in [6, 6.07) is 4.25. The molecule has 1 aromatic carbocycles. The van der Waals surface area contributed by atoms with Crippen LogP contribution >= 0.6 is 11.3 Å². The third-order valence-electron chi connectivity index (χ3n) is 5.58. The van der Waals surface area contributed by atoms with Crippen LogP contribution in [0.2, 0.25) is 0 Å². The molecule has 3 aromatic rings. The molecule has 2 atom stereocenters. The summed E-state index contributed by atoms with van der Waals surface area (Å²) in [6.07, 6.45) is -7.33. The topological polar surface area (TPSA) is 107 Å². The third-order valence-corrected chi connectivity index (χ3v) is 6.85. The maximum absolute atomic E-state index is 15.1. The molecule has 0 bridgehead atoms. The molecule has 1 aliphatic heterocycles. The lowest BCUT2D eigenvalue weighted by Gasteiger charge is -2.36. The highest BCUT2D eigenvalue weighted by Gasteiger charge is 2.35. The first-order chi connectivity index (χ1) is 16.8. The first-order valence-electron chi connectivity index (χ1n) is 11.4. The number of rotatable bonds is 5. The highest BCUT2D eigenvalue weighted by molar-refractivity contribution is 7.23. The fourth-order valence-corrected chi connectivity index (χ4v) is 5.25. The number of carbonyl (C=O) groups excluding carboxylic acids is 1. The Hall–Kier alpha value is -2.93. The van der Waals surface area contributed by atoms with Gasteiger partial charge >= 0.3 is 12.3 Å².